The summed E-state index contributed by atoms with van der Waals surface area (Å²) < 4.78 is 33.5. The average Bonchev–Trinajstić information content (AvgIpc) is 2.66. The third-order valence-corrected chi connectivity index (χ3v) is 1.95. The standard InChI is InChI=1S/C11H17F2NO2/c1-2-3-14-5-9-4-10(16-6-9)7-15-8-11(12)13/h4,6,11,14H,2-3,5,7-8H2,1H3. The van der Waals surface area contributed by atoms with Crippen LogP contribution in [-0.2, 0) is 17.9 Å². The highest BCUT2D eigenvalue weighted by atomic mass is 19.3. The maximum absolute atomic E-state index is 11.8. The predicted octanol–water partition coefficient (Wildman–Crippen LogP) is 2.56. The molecular formula is C11H17F2NO2. The number of alkyl halides is 2. The minimum Gasteiger partial charge on any atom is -0.467 e. The van der Waals surface area contributed by atoms with E-state index in [1.54, 1.807) is 6.26 Å². The van der Waals surface area contributed by atoms with E-state index >= 15 is 0 Å². The summed E-state index contributed by atoms with van der Waals surface area (Å²) in [5, 5.41) is 3.22. The molecule has 1 rings (SSSR count). The Morgan fingerprint density at radius 1 is 1.50 bits per heavy atom. The van der Waals surface area contributed by atoms with E-state index in [2.05, 4.69) is 12.2 Å². The van der Waals surface area contributed by atoms with E-state index in [9.17, 15) is 8.78 Å². The molecule has 0 unspecified atom stereocenters. The molecule has 0 saturated heterocycles. The highest BCUT2D eigenvalue weighted by molar-refractivity contribution is 5.11. The van der Waals surface area contributed by atoms with Gasteiger partial charge in [0.25, 0.3) is 6.43 Å². The number of rotatable bonds is 8. The van der Waals surface area contributed by atoms with Crippen LogP contribution in [0.15, 0.2) is 16.7 Å². The van der Waals surface area contributed by atoms with E-state index < -0.39 is 13.0 Å². The van der Waals surface area contributed by atoms with Gasteiger partial charge in [-0.05, 0) is 19.0 Å². The van der Waals surface area contributed by atoms with Crippen molar-refractivity contribution in [1.82, 2.24) is 5.32 Å². The van der Waals surface area contributed by atoms with Crippen molar-refractivity contribution in [1.29, 1.82) is 0 Å². The molecule has 0 aromatic carbocycles. The summed E-state index contributed by atoms with van der Waals surface area (Å²) in [7, 11) is 0. The van der Waals surface area contributed by atoms with Gasteiger partial charge in [0.15, 0.2) is 0 Å². The van der Waals surface area contributed by atoms with Crippen molar-refractivity contribution < 1.29 is 17.9 Å². The molecule has 0 radical (unpaired) electrons. The average molecular weight is 233 g/mol. The minimum atomic E-state index is -2.43. The predicted molar refractivity (Wildman–Crippen MR) is 56.4 cm³/mol. The van der Waals surface area contributed by atoms with Crippen LogP contribution in [-0.4, -0.2) is 19.6 Å². The largest absolute Gasteiger partial charge is 0.467 e. The number of furan rings is 1. The lowest BCUT2D eigenvalue weighted by atomic mass is 10.3. The Hall–Kier alpha value is -0.940. The topological polar surface area (TPSA) is 34.4 Å². The van der Waals surface area contributed by atoms with Crippen LogP contribution in [0, 0.1) is 0 Å². The van der Waals surface area contributed by atoms with Crippen molar-refractivity contribution in [2.75, 3.05) is 13.2 Å². The Balaban J connectivity index is 2.22. The quantitative estimate of drug-likeness (QED) is 0.701. The zero-order valence-electron chi connectivity index (χ0n) is 9.34. The van der Waals surface area contributed by atoms with Crippen molar-refractivity contribution in [3.05, 3.63) is 23.7 Å². The third-order valence-electron chi connectivity index (χ3n) is 1.95. The molecule has 0 aliphatic carbocycles. The molecule has 0 saturated carbocycles. The van der Waals surface area contributed by atoms with Crippen LogP contribution in [0.1, 0.15) is 24.7 Å². The van der Waals surface area contributed by atoms with Gasteiger partial charge in [0.1, 0.15) is 19.0 Å². The van der Waals surface area contributed by atoms with Crippen LogP contribution < -0.4 is 5.32 Å². The van der Waals surface area contributed by atoms with Crippen LogP contribution in [0.25, 0.3) is 0 Å². The maximum Gasteiger partial charge on any atom is 0.261 e. The fourth-order valence-corrected chi connectivity index (χ4v) is 1.25. The lowest BCUT2D eigenvalue weighted by Crippen LogP contribution is -2.13. The first-order valence-electron chi connectivity index (χ1n) is 5.35. The van der Waals surface area contributed by atoms with Crippen LogP contribution in [0.4, 0.5) is 8.78 Å². The monoisotopic (exact) mass is 233 g/mol. The van der Waals surface area contributed by atoms with Crippen LogP contribution >= 0.6 is 0 Å². The summed E-state index contributed by atoms with van der Waals surface area (Å²) in [6.07, 6.45) is 0.256. The van der Waals surface area contributed by atoms with E-state index in [1.807, 2.05) is 6.07 Å². The summed E-state index contributed by atoms with van der Waals surface area (Å²) in [5.74, 6) is 0.578. The maximum atomic E-state index is 11.8. The number of ether oxygens (including phenoxy) is 1. The summed E-state index contributed by atoms with van der Waals surface area (Å²) in [4.78, 5) is 0. The van der Waals surface area contributed by atoms with Gasteiger partial charge in [-0.1, -0.05) is 6.92 Å². The second kappa shape index (κ2) is 7.35. The smallest absolute Gasteiger partial charge is 0.261 e. The molecule has 0 spiro atoms. The van der Waals surface area contributed by atoms with Gasteiger partial charge in [0.05, 0.1) is 6.26 Å². The van der Waals surface area contributed by atoms with E-state index in [4.69, 9.17) is 9.15 Å². The molecular weight excluding hydrogens is 216 g/mol. The van der Waals surface area contributed by atoms with Gasteiger partial charge in [0, 0.05) is 12.1 Å². The SMILES string of the molecule is CCCNCc1coc(COCC(F)F)c1. The molecule has 1 aromatic heterocycles. The Bertz CT molecular complexity index is 289. The molecule has 92 valence electrons. The lowest BCUT2D eigenvalue weighted by molar-refractivity contribution is 0.00453. The Labute approximate surface area is 93.8 Å². The van der Waals surface area contributed by atoms with Gasteiger partial charge < -0.3 is 14.5 Å². The fourth-order valence-electron chi connectivity index (χ4n) is 1.25. The van der Waals surface area contributed by atoms with Crippen molar-refractivity contribution in [3.63, 3.8) is 0 Å². The van der Waals surface area contributed by atoms with Crippen molar-refractivity contribution >= 4 is 0 Å². The molecule has 16 heavy (non-hydrogen) atoms. The van der Waals surface area contributed by atoms with E-state index in [0.717, 1.165) is 25.1 Å². The Morgan fingerprint density at radius 3 is 3.00 bits per heavy atom. The lowest BCUT2D eigenvalue weighted by Gasteiger charge is -1.99. The molecule has 1 aromatic rings. The molecule has 5 heteroatoms. The molecule has 0 fully saturated rings. The summed E-state index contributed by atoms with van der Waals surface area (Å²) >= 11 is 0. The zero-order chi connectivity index (χ0) is 11.8. The Kier molecular flexibility index (Phi) is 6.03. The summed E-state index contributed by atoms with van der Waals surface area (Å²) in [6, 6.07) is 1.81. The molecule has 0 aliphatic heterocycles. The van der Waals surface area contributed by atoms with Gasteiger partial charge in [-0.2, -0.15) is 0 Å². The van der Waals surface area contributed by atoms with Crippen molar-refractivity contribution in [2.24, 2.45) is 0 Å². The van der Waals surface area contributed by atoms with E-state index in [-0.39, 0.29) is 6.61 Å². The van der Waals surface area contributed by atoms with Crippen LogP contribution in [0.3, 0.4) is 0 Å². The highest BCUT2D eigenvalue weighted by Gasteiger charge is 2.05. The van der Waals surface area contributed by atoms with E-state index in [1.165, 1.54) is 0 Å². The molecule has 0 amide bonds. The van der Waals surface area contributed by atoms with Gasteiger partial charge in [-0.25, -0.2) is 8.78 Å². The summed E-state index contributed by atoms with van der Waals surface area (Å²) in [5.41, 5.74) is 1.00. The number of halogens is 2. The summed E-state index contributed by atoms with van der Waals surface area (Å²) in [6.45, 7) is 3.31. The molecule has 0 atom stereocenters. The normalized spacial score (nSPS) is 11.2. The van der Waals surface area contributed by atoms with Crippen molar-refractivity contribution in [2.45, 2.75) is 32.9 Å². The second-order valence-corrected chi connectivity index (χ2v) is 3.50. The molecule has 3 nitrogen and oxygen atoms in total. The first-order valence-corrected chi connectivity index (χ1v) is 5.35. The number of nitrogens with one attached hydrogen (secondary N) is 1. The fraction of sp³-hybridized carbons (Fsp3) is 0.636. The van der Waals surface area contributed by atoms with Gasteiger partial charge in [-0.3, -0.25) is 0 Å². The van der Waals surface area contributed by atoms with Gasteiger partial charge >= 0.3 is 0 Å². The number of hydrogen-bond acceptors (Lipinski definition) is 3. The van der Waals surface area contributed by atoms with Crippen LogP contribution in [0.2, 0.25) is 0 Å². The van der Waals surface area contributed by atoms with Crippen LogP contribution in [0.5, 0.6) is 0 Å². The van der Waals surface area contributed by atoms with Gasteiger partial charge in [0.2, 0.25) is 0 Å². The minimum absolute atomic E-state index is 0.0954. The second-order valence-electron chi connectivity index (χ2n) is 3.50. The highest BCUT2D eigenvalue weighted by Crippen LogP contribution is 2.09. The first-order chi connectivity index (χ1) is 7.72. The molecule has 1 N–H and O–H groups in total. The molecule has 0 bridgehead atoms. The third kappa shape index (κ3) is 5.23. The zero-order valence-corrected chi connectivity index (χ0v) is 9.34. The molecule has 1 heterocycles. The number of hydrogen-bond donors (Lipinski definition) is 1. The Morgan fingerprint density at radius 2 is 2.31 bits per heavy atom. The van der Waals surface area contributed by atoms with E-state index in [0.29, 0.717) is 5.76 Å². The first kappa shape index (κ1) is 13.1. The van der Waals surface area contributed by atoms with Crippen molar-refractivity contribution in [3.8, 4) is 0 Å². The van der Waals surface area contributed by atoms with Gasteiger partial charge in [-0.15, -0.1) is 0 Å². The molecule has 0 aliphatic rings.